The van der Waals surface area contributed by atoms with Crippen molar-refractivity contribution in [2.75, 3.05) is 13.1 Å². The van der Waals surface area contributed by atoms with Gasteiger partial charge in [0, 0.05) is 25.3 Å². The largest absolute Gasteiger partial charge is 0.329 e. The Morgan fingerprint density at radius 3 is 3.08 bits per heavy atom. The first-order valence-corrected chi connectivity index (χ1v) is 4.10. The van der Waals surface area contributed by atoms with Crippen LogP contribution in [0, 0.1) is 0 Å². The van der Waals surface area contributed by atoms with E-state index in [2.05, 4.69) is 22.6 Å². The Balaban J connectivity index is 2.11. The zero-order chi connectivity index (χ0) is 8.81. The summed E-state index contributed by atoms with van der Waals surface area (Å²) in [6.45, 7) is 4.44. The smallest absolute Gasteiger partial charge is 0.0692 e. The molecule has 3 N–H and O–H groups in total. The SMILES string of the molecule is CC(CN)NCCn1ccnn1. The van der Waals surface area contributed by atoms with Gasteiger partial charge in [0.2, 0.25) is 0 Å². The van der Waals surface area contributed by atoms with E-state index < -0.39 is 0 Å². The first kappa shape index (κ1) is 9.15. The summed E-state index contributed by atoms with van der Waals surface area (Å²) in [7, 11) is 0. The number of rotatable bonds is 5. The molecular formula is C7H15N5. The lowest BCUT2D eigenvalue weighted by molar-refractivity contribution is 0.493. The van der Waals surface area contributed by atoms with Crippen LogP contribution in [0.2, 0.25) is 0 Å². The van der Waals surface area contributed by atoms with Crippen LogP contribution in [0.3, 0.4) is 0 Å². The van der Waals surface area contributed by atoms with Crippen LogP contribution >= 0.6 is 0 Å². The molecule has 1 unspecified atom stereocenters. The van der Waals surface area contributed by atoms with Gasteiger partial charge in [0.15, 0.2) is 0 Å². The lowest BCUT2D eigenvalue weighted by Crippen LogP contribution is -2.35. The van der Waals surface area contributed by atoms with Gasteiger partial charge in [0.25, 0.3) is 0 Å². The third-order valence-corrected chi connectivity index (χ3v) is 1.66. The third-order valence-electron chi connectivity index (χ3n) is 1.66. The molecule has 68 valence electrons. The van der Waals surface area contributed by atoms with Crippen molar-refractivity contribution in [3.05, 3.63) is 12.4 Å². The molecule has 1 atom stereocenters. The molecule has 1 heterocycles. The van der Waals surface area contributed by atoms with Crippen LogP contribution in [0.5, 0.6) is 0 Å². The van der Waals surface area contributed by atoms with E-state index in [0.29, 0.717) is 12.6 Å². The van der Waals surface area contributed by atoms with Crippen molar-refractivity contribution in [3.63, 3.8) is 0 Å². The first-order chi connectivity index (χ1) is 5.83. The van der Waals surface area contributed by atoms with Crippen LogP contribution in [-0.4, -0.2) is 34.1 Å². The molecule has 0 aliphatic rings. The summed E-state index contributed by atoms with van der Waals surface area (Å²) in [4.78, 5) is 0. The lowest BCUT2D eigenvalue weighted by atomic mass is 10.3. The number of nitrogens with one attached hydrogen (secondary N) is 1. The summed E-state index contributed by atoms with van der Waals surface area (Å²) in [5, 5.41) is 10.8. The minimum Gasteiger partial charge on any atom is -0.329 e. The zero-order valence-corrected chi connectivity index (χ0v) is 7.27. The minimum atomic E-state index is 0.369. The fourth-order valence-corrected chi connectivity index (χ4v) is 0.861. The number of aromatic nitrogens is 3. The average Bonchev–Trinajstić information content (AvgIpc) is 2.57. The summed E-state index contributed by atoms with van der Waals surface area (Å²) in [6, 6.07) is 0.369. The number of nitrogens with zero attached hydrogens (tertiary/aromatic N) is 3. The summed E-state index contributed by atoms with van der Waals surface area (Å²) in [5.74, 6) is 0. The van der Waals surface area contributed by atoms with Gasteiger partial charge in [0.05, 0.1) is 12.7 Å². The Kier molecular flexibility index (Phi) is 3.69. The zero-order valence-electron chi connectivity index (χ0n) is 7.27. The van der Waals surface area contributed by atoms with Crippen LogP contribution < -0.4 is 11.1 Å². The Hall–Kier alpha value is -0.940. The second kappa shape index (κ2) is 4.84. The molecule has 0 fully saturated rings. The topological polar surface area (TPSA) is 68.8 Å². The monoisotopic (exact) mass is 169 g/mol. The highest BCUT2D eigenvalue weighted by Gasteiger charge is 1.96. The van der Waals surface area contributed by atoms with E-state index in [0.717, 1.165) is 13.1 Å². The summed E-state index contributed by atoms with van der Waals surface area (Å²) >= 11 is 0. The van der Waals surface area contributed by atoms with E-state index in [-0.39, 0.29) is 0 Å². The highest BCUT2D eigenvalue weighted by molar-refractivity contribution is 4.65. The predicted octanol–water partition coefficient (Wildman–Crippen LogP) is -0.785. The molecular weight excluding hydrogens is 154 g/mol. The Bertz CT molecular complexity index is 196. The van der Waals surface area contributed by atoms with Crippen LogP contribution in [0.1, 0.15) is 6.92 Å². The van der Waals surface area contributed by atoms with Crippen molar-refractivity contribution in [2.24, 2.45) is 5.73 Å². The van der Waals surface area contributed by atoms with Gasteiger partial charge in [0.1, 0.15) is 0 Å². The standard InChI is InChI=1S/C7H15N5/c1-7(6-8)9-2-4-12-5-3-10-11-12/h3,5,7,9H,2,4,6,8H2,1H3. The molecule has 0 amide bonds. The van der Waals surface area contributed by atoms with E-state index in [9.17, 15) is 0 Å². The molecule has 0 aromatic carbocycles. The Morgan fingerprint density at radius 1 is 1.67 bits per heavy atom. The van der Waals surface area contributed by atoms with Gasteiger partial charge in [-0.1, -0.05) is 5.21 Å². The lowest BCUT2D eigenvalue weighted by Gasteiger charge is -2.10. The fourth-order valence-electron chi connectivity index (χ4n) is 0.861. The normalized spacial score (nSPS) is 13.2. The summed E-state index contributed by atoms with van der Waals surface area (Å²) < 4.78 is 1.79. The maximum Gasteiger partial charge on any atom is 0.0692 e. The molecule has 0 saturated heterocycles. The van der Waals surface area contributed by atoms with Gasteiger partial charge >= 0.3 is 0 Å². The van der Waals surface area contributed by atoms with E-state index >= 15 is 0 Å². The predicted molar refractivity (Wildman–Crippen MR) is 46.5 cm³/mol. The van der Waals surface area contributed by atoms with Crippen LogP contribution in [-0.2, 0) is 6.54 Å². The highest BCUT2D eigenvalue weighted by atomic mass is 15.4. The van der Waals surface area contributed by atoms with Crippen molar-refractivity contribution in [1.82, 2.24) is 20.3 Å². The van der Waals surface area contributed by atoms with Gasteiger partial charge in [-0.05, 0) is 6.92 Å². The molecule has 0 aliphatic carbocycles. The highest BCUT2D eigenvalue weighted by Crippen LogP contribution is 1.80. The van der Waals surface area contributed by atoms with Crippen molar-refractivity contribution >= 4 is 0 Å². The molecule has 0 saturated carbocycles. The molecule has 12 heavy (non-hydrogen) atoms. The van der Waals surface area contributed by atoms with Gasteiger partial charge in [-0.15, -0.1) is 5.10 Å². The fraction of sp³-hybridized carbons (Fsp3) is 0.714. The second-order valence-electron chi connectivity index (χ2n) is 2.76. The van der Waals surface area contributed by atoms with Gasteiger partial charge in [-0.3, -0.25) is 4.68 Å². The van der Waals surface area contributed by atoms with Crippen molar-refractivity contribution < 1.29 is 0 Å². The molecule has 1 aromatic heterocycles. The number of hydrogen-bond donors (Lipinski definition) is 2. The number of nitrogens with two attached hydrogens (primary N) is 1. The molecule has 1 rings (SSSR count). The van der Waals surface area contributed by atoms with Crippen molar-refractivity contribution in [2.45, 2.75) is 19.5 Å². The molecule has 5 nitrogen and oxygen atoms in total. The van der Waals surface area contributed by atoms with E-state index in [1.807, 2.05) is 6.20 Å². The van der Waals surface area contributed by atoms with Crippen LogP contribution in [0.25, 0.3) is 0 Å². The molecule has 1 aromatic rings. The van der Waals surface area contributed by atoms with Crippen LogP contribution in [0.4, 0.5) is 0 Å². The minimum absolute atomic E-state index is 0.369. The van der Waals surface area contributed by atoms with E-state index in [4.69, 9.17) is 5.73 Å². The van der Waals surface area contributed by atoms with Crippen molar-refractivity contribution in [1.29, 1.82) is 0 Å². The van der Waals surface area contributed by atoms with E-state index in [1.165, 1.54) is 0 Å². The molecule has 5 heteroatoms. The van der Waals surface area contributed by atoms with Crippen LogP contribution in [0.15, 0.2) is 12.4 Å². The van der Waals surface area contributed by atoms with Crippen molar-refractivity contribution in [3.8, 4) is 0 Å². The molecule has 0 spiro atoms. The summed E-state index contributed by atoms with van der Waals surface area (Å²) in [5.41, 5.74) is 5.43. The Labute approximate surface area is 71.9 Å². The molecule has 0 bridgehead atoms. The second-order valence-corrected chi connectivity index (χ2v) is 2.76. The molecule has 0 aliphatic heterocycles. The Morgan fingerprint density at radius 2 is 2.50 bits per heavy atom. The average molecular weight is 169 g/mol. The maximum atomic E-state index is 5.43. The van der Waals surface area contributed by atoms with E-state index in [1.54, 1.807) is 10.9 Å². The quantitative estimate of drug-likeness (QED) is 0.606. The van der Waals surface area contributed by atoms with Gasteiger partial charge in [-0.2, -0.15) is 0 Å². The maximum absolute atomic E-state index is 5.43. The number of hydrogen-bond acceptors (Lipinski definition) is 4. The summed E-state index contributed by atoms with van der Waals surface area (Å²) in [6.07, 6.45) is 3.52. The third kappa shape index (κ3) is 2.98. The van der Waals surface area contributed by atoms with Gasteiger partial charge in [-0.25, -0.2) is 0 Å². The first-order valence-electron chi connectivity index (χ1n) is 4.10. The molecule has 0 radical (unpaired) electrons. The van der Waals surface area contributed by atoms with Gasteiger partial charge < -0.3 is 11.1 Å².